The third kappa shape index (κ3) is 5.36. The van der Waals surface area contributed by atoms with Gasteiger partial charge in [0.25, 0.3) is 0 Å². The van der Waals surface area contributed by atoms with E-state index in [1.54, 1.807) is 32.4 Å². The number of nitrogens with one attached hydrogen (secondary N) is 1. The number of anilines is 1. The Bertz CT molecular complexity index is 1030. The lowest BCUT2D eigenvalue weighted by Gasteiger charge is -2.37. The number of fused-ring (bicyclic) bond motifs is 1. The average molecular weight is 454 g/mol. The number of amides is 1. The number of thioether (sulfide) groups is 1. The molecule has 1 unspecified atom stereocenters. The fourth-order valence-electron chi connectivity index (χ4n) is 4.04. The molecule has 1 aromatic carbocycles. The van der Waals surface area contributed by atoms with Crippen molar-refractivity contribution in [2.45, 2.75) is 51.5 Å². The molecular formula is C25H31N3O3S. The number of ether oxygens (including phenoxy) is 2. The van der Waals surface area contributed by atoms with Crippen molar-refractivity contribution in [3.63, 3.8) is 0 Å². The summed E-state index contributed by atoms with van der Waals surface area (Å²) in [5, 5.41) is 13.2. The first-order valence-electron chi connectivity index (χ1n) is 10.9. The summed E-state index contributed by atoms with van der Waals surface area (Å²) in [4.78, 5) is 17.3. The third-order valence-corrected chi connectivity index (χ3v) is 7.49. The number of rotatable bonds is 8. The lowest BCUT2D eigenvalue weighted by molar-refractivity contribution is -0.113. The van der Waals surface area contributed by atoms with Crippen LogP contribution in [0.5, 0.6) is 11.5 Å². The van der Waals surface area contributed by atoms with Crippen LogP contribution in [0.2, 0.25) is 0 Å². The van der Waals surface area contributed by atoms with E-state index in [0.29, 0.717) is 33.7 Å². The van der Waals surface area contributed by atoms with E-state index in [-0.39, 0.29) is 17.1 Å². The number of benzene rings is 1. The maximum absolute atomic E-state index is 12.5. The van der Waals surface area contributed by atoms with Crippen molar-refractivity contribution < 1.29 is 14.3 Å². The lowest BCUT2D eigenvalue weighted by atomic mass is 9.69. The summed E-state index contributed by atoms with van der Waals surface area (Å²) in [7, 11) is 3.12. The van der Waals surface area contributed by atoms with Crippen LogP contribution in [0.25, 0.3) is 0 Å². The summed E-state index contributed by atoms with van der Waals surface area (Å²) >= 11 is 1.30. The second kappa shape index (κ2) is 10.3. The molecule has 0 radical (unpaired) electrons. The van der Waals surface area contributed by atoms with Gasteiger partial charge < -0.3 is 14.8 Å². The molecular weight excluding hydrogens is 422 g/mol. The van der Waals surface area contributed by atoms with Crippen LogP contribution >= 0.6 is 11.8 Å². The van der Waals surface area contributed by atoms with E-state index in [1.165, 1.54) is 17.3 Å². The lowest BCUT2D eigenvalue weighted by Crippen LogP contribution is -2.29. The maximum Gasteiger partial charge on any atom is 0.234 e. The van der Waals surface area contributed by atoms with Crippen molar-refractivity contribution in [1.29, 1.82) is 5.26 Å². The Hall–Kier alpha value is -2.72. The average Bonchev–Trinajstić information content (AvgIpc) is 2.81. The van der Waals surface area contributed by atoms with Gasteiger partial charge in [0.15, 0.2) is 11.5 Å². The van der Waals surface area contributed by atoms with Crippen molar-refractivity contribution >= 4 is 23.4 Å². The zero-order valence-electron chi connectivity index (χ0n) is 19.4. The Morgan fingerprint density at radius 2 is 2.03 bits per heavy atom. The number of hydrogen-bond donors (Lipinski definition) is 1. The summed E-state index contributed by atoms with van der Waals surface area (Å²) in [6, 6.07) is 9.47. The second-order valence-electron chi connectivity index (χ2n) is 8.75. The number of pyridine rings is 1. The highest BCUT2D eigenvalue weighted by atomic mass is 32.2. The molecule has 1 heterocycles. The fraction of sp³-hybridized carbons (Fsp3) is 0.480. The highest BCUT2D eigenvalue weighted by Crippen LogP contribution is 2.40. The molecule has 1 aromatic heterocycles. The SMILES string of the molecule is CCC(C)(C)C1CCc2nc(SCC(=O)Nc3ccc(OC)c(OC)c3)c(C#N)cc2C1. The number of carbonyl (C=O) groups excluding carboxylic acids is 1. The molecule has 0 fully saturated rings. The summed E-state index contributed by atoms with van der Waals surface area (Å²) in [6.07, 6.45) is 4.12. The van der Waals surface area contributed by atoms with E-state index in [1.807, 2.05) is 6.07 Å². The molecule has 1 aliphatic rings. The highest BCUT2D eigenvalue weighted by molar-refractivity contribution is 8.00. The summed E-state index contributed by atoms with van der Waals surface area (Å²) < 4.78 is 10.5. The monoisotopic (exact) mass is 453 g/mol. The normalized spacial score (nSPS) is 15.4. The molecule has 1 atom stereocenters. The van der Waals surface area contributed by atoms with Crippen LogP contribution in [0.1, 0.15) is 50.4 Å². The minimum Gasteiger partial charge on any atom is -0.493 e. The van der Waals surface area contributed by atoms with Crippen LogP contribution in [0.15, 0.2) is 29.3 Å². The van der Waals surface area contributed by atoms with Gasteiger partial charge in [-0.1, -0.05) is 39.0 Å². The van der Waals surface area contributed by atoms with Crippen molar-refractivity contribution in [2.75, 3.05) is 25.3 Å². The second-order valence-corrected chi connectivity index (χ2v) is 9.71. The molecule has 0 saturated carbocycles. The van der Waals surface area contributed by atoms with Gasteiger partial charge in [-0.3, -0.25) is 4.79 Å². The van der Waals surface area contributed by atoms with Gasteiger partial charge in [0.05, 0.1) is 25.5 Å². The van der Waals surface area contributed by atoms with Gasteiger partial charge in [0.2, 0.25) is 5.91 Å². The molecule has 3 rings (SSSR count). The van der Waals surface area contributed by atoms with Crippen LogP contribution in [0, 0.1) is 22.7 Å². The quantitative estimate of drug-likeness (QED) is 0.550. The van der Waals surface area contributed by atoms with E-state index >= 15 is 0 Å². The standard InChI is InChI=1S/C25H31N3O3S/c1-6-25(2,3)18-7-9-20-16(12-18)11-17(14-26)24(28-20)32-15-23(29)27-19-8-10-21(30-4)22(13-19)31-5/h8,10-11,13,18H,6-7,9,12,15H2,1-5H3,(H,27,29). The number of nitriles is 1. The van der Waals surface area contributed by atoms with Crippen LogP contribution in [-0.2, 0) is 17.6 Å². The minimum atomic E-state index is -0.171. The molecule has 170 valence electrons. The van der Waals surface area contributed by atoms with Gasteiger partial charge in [-0.25, -0.2) is 4.98 Å². The zero-order valence-corrected chi connectivity index (χ0v) is 20.3. The molecule has 32 heavy (non-hydrogen) atoms. The van der Waals surface area contributed by atoms with E-state index in [4.69, 9.17) is 14.5 Å². The van der Waals surface area contributed by atoms with Gasteiger partial charge in [0, 0.05) is 17.4 Å². The van der Waals surface area contributed by atoms with Crippen LogP contribution < -0.4 is 14.8 Å². The Kier molecular flexibility index (Phi) is 7.68. The van der Waals surface area contributed by atoms with Crippen molar-refractivity contribution in [2.24, 2.45) is 11.3 Å². The number of aromatic nitrogens is 1. The molecule has 2 aromatic rings. The molecule has 0 spiro atoms. The van der Waals surface area contributed by atoms with Gasteiger partial charge in [-0.05, 0) is 54.4 Å². The largest absolute Gasteiger partial charge is 0.493 e. The van der Waals surface area contributed by atoms with Crippen molar-refractivity contribution in [3.8, 4) is 17.6 Å². The number of carbonyl (C=O) groups is 1. The molecule has 7 heteroatoms. The first kappa shape index (κ1) is 23.9. The molecule has 6 nitrogen and oxygen atoms in total. The number of hydrogen-bond acceptors (Lipinski definition) is 6. The predicted octanol–water partition coefficient (Wildman–Crippen LogP) is 5.24. The topological polar surface area (TPSA) is 84.2 Å². The van der Waals surface area contributed by atoms with E-state index in [9.17, 15) is 10.1 Å². The maximum atomic E-state index is 12.5. The molecule has 0 aliphatic heterocycles. The number of aryl methyl sites for hydroxylation is 1. The molecule has 1 amide bonds. The van der Waals surface area contributed by atoms with E-state index in [0.717, 1.165) is 31.4 Å². The van der Waals surface area contributed by atoms with Gasteiger partial charge in [-0.15, -0.1) is 0 Å². The molecule has 0 saturated heterocycles. The Labute approximate surface area is 194 Å². The van der Waals surface area contributed by atoms with E-state index < -0.39 is 0 Å². The Morgan fingerprint density at radius 3 is 2.69 bits per heavy atom. The Morgan fingerprint density at radius 1 is 1.28 bits per heavy atom. The van der Waals surface area contributed by atoms with Crippen molar-refractivity contribution in [1.82, 2.24) is 4.98 Å². The number of methoxy groups -OCH3 is 2. The molecule has 1 aliphatic carbocycles. The summed E-state index contributed by atoms with van der Waals surface area (Å²) in [5.74, 6) is 1.74. The van der Waals surface area contributed by atoms with Gasteiger partial charge in [0.1, 0.15) is 11.1 Å². The van der Waals surface area contributed by atoms with Crippen LogP contribution in [0.3, 0.4) is 0 Å². The van der Waals surface area contributed by atoms with E-state index in [2.05, 4.69) is 32.2 Å². The zero-order chi connectivity index (χ0) is 23.3. The smallest absolute Gasteiger partial charge is 0.234 e. The van der Waals surface area contributed by atoms with Crippen LogP contribution in [0.4, 0.5) is 5.69 Å². The minimum absolute atomic E-state index is 0.167. The van der Waals surface area contributed by atoms with Crippen molar-refractivity contribution in [3.05, 3.63) is 41.1 Å². The summed E-state index contributed by atoms with van der Waals surface area (Å²) in [6.45, 7) is 6.88. The predicted molar refractivity (Wildman–Crippen MR) is 127 cm³/mol. The molecule has 1 N–H and O–H groups in total. The molecule has 0 bridgehead atoms. The van der Waals surface area contributed by atoms with Crippen LogP contribution in [-0.4, -0.2) is 30.9 Å². The Balaban J connectivity index is 1.68. The summed E-state index contributed by atoms with van der Waals surface area (Å²) in [5.41, 5.74) is 3.69. The van der Waals surface area contributed by atoms with Gasteiger partial charge >= 0.3 is 0 Å². The third-order valence-electron chi connectivity index (χ3n) is 6.50. The fourth-order valence-corrected chi connectivity index (χ4v) is 4.81. The first-order chi connectivity index (χ1) is 15.3. The number of nitrogens with zero attached hydrogens (tertiary/aromatic N) is 2. The van der Waals surface area contributed by atoms with Gasteiger partial charge in [-0.2, -0.15) is 5.26 Å². The first-order valence-corrected chi connectivity index (χ1v) is 11.9. The highest BCUT2D eigenvalue weighted by Gasteiger charge is 2.32.